The van der Waals surface area contributed by atoms with E-state index in [9.17, 15) is 4.79 Å². The molecule has 20 heavy (non-hydrogen) atoms. The summed E-state index contributed by atoms with van der Waals surface area (Å²) in [6.07, 6.45) is 1.67. The average Bonchev–Trinajstić information content (AvgIpc) is 2.84. The van der Waals surface area contributed by atoms with Gasteiger partial charge in [0, 0.05) is 6.20 Å². The summed E-state index contributed by atoms with van der Waals surface area (Å²) in [4.78, 5) is 11.9. The lowest BCUT2D eigenvalue weighted by molar-refractivity contribution is -0.122. The summed E-state index contributed by atoms with van der Waals surface area (Å²) in [5, 5.41) is 6.88. The minimum atomic E-state index is -0.114. The molecule has 0 saturated carbocycles. The lowest BCUT2D eigenvalue weighted by atomic mass is 10.1. The molecule has 0 fully saturated rings. The molecule has 1 atom stereocenters. The normalized spacial score (nSPS) is 11.9. The Bertz CT molecular complexity index is 577. The number of rotatable bonds is 5. The number of anilines is 1. The number of amides is 1. The molecule has 1 aromatic heterocycles. The Labute approximate surface area is 117 Å². The van der Waals surface area contributed by atoms with Crippen molar-refractivity contribution in [2.24, 2.45) is 0 Å². The lowest BCUT2D eigenvalue weighted by Gasteiger charge is -2.14. The van der Waals surface area contributed by atoms with Crippen molar-refractivity contribution < 1.29 is 9.53 Å². The molecule has 106 valence electrons. The number of benzene rings is 1. The van der Waals surface area contributed by atoms with Crippen LogP contribution in [-0.4, -0.2) is 22.8 Å². The molecule has 1 amide bonds. The molecule has 1 unspecified atom stereocenters. The second-order valence-electron chi connectivity index (χ2n) is 4.50. The number of methoxy groups -OCH3 is 1. The van der Waals surface area contributed by atoms with E-state index in [1.165, 1.54) is 4.68 Å². The summed E-state index contributed by atoms with van der Waals surface area (Å²) in [7, 11) is 1.62. The van der Waals surface area contributed by atoms with Crippen LogP contribution in [0.2, 0.25) is 0 Å². The standard InChI is InChI=1S/C14H18N4O2/c1-10(11-3-5-12(20-2)6-4-11)16-14(19)9-18-8-7-13(15)17-18/h3-8,10H,9H2,1-2H3,(H2,15,17)(H,16,19). The van der Waals surface area contributed by atoms with E-state index in [0.29, 0.717) is 5.82 Å². The van der Waals surface area contributed by atoms with Gasteiger partial charge in [-0.3, -0.25) is 9.48 Å². The van der Waals surface area contributed by atoms with Crippen molar-refractivity contribution in [2.45, 2.75) is 19.5 Å². The first kappa shape index (κ1) is 13.9. The first-order valence-electron chi connectivity index (χ1n) is 6.30. The van der Waals surface area contributed by atoms with Gasteiger partial charge in [0.15, 0.2) is 0 Å². The molecular formula is C14H18N4O2. The third-order valence-electron chi connectivity index (χ3n) is 2.96. The second kappa shape index (κ2) is 6.10. The minimum Gasteiger partial charge on any atom is -0.497 e. The highest BCUT2D eigenvalue weighted by atomic mass is 16.5. The van der Waals surface area contributed by atoms with Crippen LogP contribution >= 0.6 is 0 Å². The van der Waals surface area contributed by atoms with E-state index in [0.717, 1.165) is 11.3 Å². The molecule has 6 nitrogen and oxygen atoms in total. The maximum absolute atomic E-state index is 11.9. The van der Waals surface area contributed by atoms with Crippen LogP contribution in [0.4, 0.5) is 5.82 Å². The van der Waals surface area contributed by atoms with Crippen LogP contribution in [0, 0.1) is 0 Å². The molecule has 0 aliphatic heterocycles. The van der Waals surface area contributed by atoms with E-state index < -0.39 is 0 Å². The van der Waals surface area contributed by atoms with Crippen LogP contribution in [-0.2, 0) is 11.3 Å². The number of nitrogens with two attached hydrogens (primary N) is 1. The van der Waals surface area contributed by atoms with Gasteiger partial charge >= 0.3 is 0 Å². The van der Waals surface area contributed by atoms with Crippen molar-refractivity contribution in [3.63, 3.8) is 0 Å². The molecule has 2 aromatic rings. The fourth-order valence-electron chi connectivity index (χ4n) is 1.88. The van der Waals surface area contributed by atoms with Crippen molar-refractivity contribution in [3.8, 4) is 5.75 Å². The zero-order chi connectivity index (χ0) is 14.5. The van der Waals surface area contributed by atoms with Gasteiger partial charge < -0.3 is 15.8 Å². The van der Waals surface area contributed by atoms with Crippen LogP contribution in [0.15, 0.2) is 36.5 Å². The SMILES string of the molecule is COc1ccc(C(C)NC(=O)Cn2ccc(N)n2)cc1. The third-order valence-corrected chi connectivity index (χ3v) is 2.96. The maximum Gasteiger partial charge on any atom is 0.242 e. The number of nitrogen functional groups attached to an aromatic ring is 1. The van der Waals surface area contributed by atoms with Crippen LogP contribution in [0.1, 0.15) is 18.5 Å². The van der Waals surface area contributed by atoms with E-state index in [2.05, 4.69) is 10.4 Å². The largest absolute Gasteiger partial charge is 0.497 e. The number of hydrogen-bond acceptors (Lipinski definition) is 4. The van der Waals surface area contributed by atoms with Gasteiger partial charge in [0.25, 0.3) is 0 Å². The van der Waals surface area contributed by atoms with Gasteiger partial charge in [-0.1, -0.05) is 12.1 Å². The zero-order valence-electron chi connectivity index (χ0n) is 11.5. The van der Waals surface area contributed by atoms with E-state index >= 15 is 0 Å². The van der Waals surface area contributed by atoms with Crippen LogP contribution in [0.25, 0.3) is 0 Å². The van der Waals surface area contributed by atoms with Gasteiger partial charge in [0.1, 0.15) is 18.1 Å². The summed E-state index contributed by atoms with van der Waals surface area (Å²) in [6, 6.07) is 9.16. The van der Waals surface area contributed by atoms with E-state index in [4.69, 9.17) is 10.5 Å². The average molecular weight is 274 g/mol. The lowest BCUT2D eigenvalue weighted by Crippen LogP contribution is -2.30. The van der Waals surface area contributed by atoms with Crippen LogP contribution in [0.5, 0.6) is 5.75 Å². The van der Waals surface area contributed by atoms with E-state index in [1.54, 1.807) is 19.4 Å². The van der Waals surface area contributed by atoms with Gasteiger partial charge in [-0.25, -0.2) is 0 Å². The number of ether oxygens (including phenoxy) is 1. The van der Waals surface area contributed by atoms with Crippen LogP contribution in [0.3, 0.4) is 0 Å². The first-order valence-corrected chi connectivity index (χ1v) is 6.30. The highest BCUT2D eigenvalue weighted by Crippen LogP contribution is 2.17. The monoisotopic (exact) mass is 274 g/mol. The van der Waals surface area contributed by atoms with Gasteiger partial charge in [-0.15, -0.1) is 0 Å². The molecule has 0 bridgehead atoms. The van der Waals surface area contributed by atoms with Crippen molar-refractivity contribution in [1.82, 2.24) is 15.1 Å². The Morgan fingerprint density at radius 2 is 2.10 bits per heavy atom. The van der Waals surface area contributed by atoms with Crippen molar-refractivity contribution >= 4 is 11.7 Å². The third kappa shape index (κ3) is 3.50. The molecule has 0 aliphatic rings. The van der Waals surface area contributed by atoms with Crippen molar-refractivity contribution in [3.05, 3.63) is 42.1 Å². The molecule has 0 radical (unpaired) electrons. The Balaban J connectivity index is 1.92. The summed E-state index contributed by atoms with van der Waals surface area (Å²) in [5.41, 5.74) is 6.51. The predicted octanol–water partition coefficient (Wildman–Crippen LogP) is 1.35. The van der Waals surface area contributed by atoms with E-state index in [-0.39, 0.29) is 18.5 Å². The van der Waals surface area contributed by atoms with Gasteiger partial charge in [0.2, 0.25) is 5.91 Å². The Morgan fingerprint density at radius 3 is 2.65 bits per heavy atom. The summed E-state index contributed by atoms with van der Waals surface area (Å²) in [6.45, 7) is 2.08. The van der Waals surface area contributed by atoms with Crippen molar-refractivity contribution in [2.75, 3.05) is 12.8 Å². The summed E-state index contributed by atoms with van der Waals surface area (Å²) in [5.74, 6) is 1.08. The predicted molar refractivity (Wildman–Crippen MR) is 76.2 cm³/mol. The number of nitrogens with one attached hydrogen (secondary N) is 1. The number of hydrogen-bond donors (Lipinski definition) is 2. The zero-order valence-corrected chi connectivity index (χ0v) is 11.5. The molecule has 0 spiro atoms. The van der Waals surface area contributed by atoms with Crippen LogP contribution < -0.4 is 15.8 Å². The summed E-state index contributed by atoms with van der Waals surface area (Å²) < 4.78 is 6.61. The Morgan fingerprint density at radius 1 is 1.40 bits per heavy atom. The summed E-state index contributed by atoms with van der Waals surface area (Å²) >= 11 is 0. The molecule has 2 rings (SSSR count). The first-order chi connectivity index (χ1) is 9.58. The van der Waals surface area contributed by atoms with Gasteiger partial charge in [0.05, 0.1) is 13.2 Å². The Kier molecular flexibility index (Phi) is 4.24. The molecule has 0 saturated heterocycles. The number of aromatic nitrogens is 2. The molecule has 0 aliphatic carbocycles. The smallest absolute Gasteiger partial charge is 0.242 e. The van der Waals surface area contributed by atoms with Gasteiger partial charge in [-0.05, 0) is 30.7 Å². The molecule has 1 heterocycles. The molecular weight excluding hydrogens is 256 g/mol. The van der Waals surface area contributed by atoms with Crippen molar-refractivity contribution in [1.29, 1.82) is 0 Å². The quantitative estimate of drug-likeness (QED) is 0.862. The van der Waals surface area contributed by atoms with Gasteiger partial charge in [-0.2, -0.15) is 5.10 Å². The van der Waals surface area contributed by atoms with E-state index in [1.807, 2.05) is 31.2 Å². The number of carbonyl (C=O) groups is 1. The number of carbonyl (C=O) groups excluding carboxylic acids is 1. The maximum atomic E-state index is 11.9. The molecule has 3 N–H and O–H groups in total. The molecule has 1 aromatic carbocycles. The topological polar surface area (TPSA) is 82.2 Å². The second-order valence-corrected chi connectivity index (χ2v) is 4.50. The number of nitrogens with zero attached hydrogens (tertiary/aromatic N) is 2. The fourth-order valence-corrected chi connectivity index (χ4v) is 1.88. The highest BCUT2D eigenvalue weighted by Gasteiger charge is 2.10. The fraction of sp³-hybridized carbons (Fsp3) is 0.286. The minimum absolute atomic E-state index is 0.0821. The Hall–Kier alpha value is -2.50. The molecule has 6 heteroatoms. The highest BCUT2D eigenvalue weighted by molar-refractivity contribution is 5.76.